The van der Waals surface area contributed by atoms with E-state index < -0.39 is 11.9 Å². The number of ether oxygens (including phenoxy) is 2. The van der Waals surface area contributed by atoms with Crippen molar-refractivity contribution in [1.29, 1.82) is 5.26 Å². The van der Waals surface area contributed by atoms with Crippen molar-refractivity contribution in [3.8, 4) is 6.07 Å². The molecule has 0 N–H and O–H groups in total. The van der Waals surface area contributed by atoms with Gasteiger partial charge in [0.25, 0.3) is 0 Å². The van der Waals surface area contributed by atoms with Crippen LogP contribution in [-0.2, 0) is 23.9 Å². The van der Waals surface area contributed by atoms with E-state index in [1.807, 2.05) is 6.07 Å². The fraction of sp³-hybridized carbons (Fsp3) is 0.200. The third kappa shape index (κ3) is 7.40. The van der Waals surface area contributed by atoms with E-state index in [1.165, 1.54) is 37.1 Å². The minimum Gasteiger partial charge on any atom is -0.459 e. The first-order valence-corrected chi connectivity index (χ1v) is 8.00. The summed E-state index contributed by atoms with van der Waals surface area (Å²) in [7, 11) is 0. The number of carbonyl (C=O) groups excluding carboxylic acids is 3. The Hall–Kier alpha value is -3.66. The lowest BCUT2D eigenvalue weighted by Gasteiger charge is -2.15. The molecular weight excluding hydrogens is 348 g/mol. The fourth-order valence-electron chi connectivity index (χ4n) is 1.81. The third-order valence-electron chi connectivity index (χ3n) is 3.11. The van der Waals surface area contributed by atoms with Gasteiger partial charge in [-0.15, -0.1) is 0 Å². The minimum absolute atomic E-state index is 0.141. The van der Waals surface area contributed by atoms with Gasteiger partial charge in [-0.3, -0.25) is 9.69 Å². The van der Waals surface area contributed by atoms with Gasteiger partial charge >= 0.3 is 11.9 Å². The van der Waals surface area contributed by atoms with E-state index in [1.54, 1.807) is 30.3 Å². The zero-order valence-corrected chi connectivity index (χ0v) is 15.2. The van der Waals surface area contributed by atoms with Gasteiger partial charge in [-0.2, -0.15) is 5.26 Å². The topological polar surface area (TPSA) is 96.7 Å². The normalized spacial score (nSPS) is 10.8. The van der Waals surface area contributed by atoms with Crippen LogP contribution in [0.2, 0.25) is 0 Å². The predicted molar refractivity (Wildman–Crippen MR) is 99.2 cm³/mol. The number of benzene rings is 1. The van der Waals surface area contributed by atoms with Crippen molar-refractivity contribution in [3.05, 3.63) is 66.4 Å². The molecule has 0 heterocycles. The molecule has 0 unspecified atom stereocenters. The first kappa shape index (κ1) is 21.4. The van der Waals surface area contributed by atoms with Crippen LogP contribution in [-0.4, -0.2) is 31.1 Å². The molecule has 0 aliphatic heterocycles. The molecule has 1 amide bonds. The van der Waals surface area contributed by atoms with Crippen molar-refractivity contribution < 1.29 is 23.9 Å². The second-order valence-electron chi connectivity index (χ2n) is 5.31. The Morgan fingerprint density at radius 1 is 1.11 bits per heavy atom. The first-order valence-electron chi connectivity index (χ1n) is 8.00. The Labute approximate surface area is 157 Å². The van der Waals surface area contributed by atoms with Crippen molar-refractivity contribution in [1.82, 2.24) is 0 Å². The van der Waals surface area contributed by atoms with Crippen molar-refractivity contribution in [2.45, 2.75) is 13.8 Å². The summed E-state index contributed by atoms with van der Waals surface area (Å²) in [6, 6.07) is 10.6. The number of carbonyl (C=O) groups is 3. The lowest BCUT2D eigenvalue weighted by molar-refractivity contribution is -0.147. The van der Waals surface area contributed by atoms with Crippen molar-refractivity contribution in [2.75, 3.05) is 18.1 Å². The number of hydrogen-bond donors (Lipinski definition) is 0. The molecule has 1 aromatic carbocycles. The summed E-state index contributed by atoms with van der Waals surface area (Å²) in [5, 5.41) is 9.07. The quantitative estimate of drug-likeness (QED) is 0.230. The van der Waals surface area contributed by atoms with Gasteiger partial charge in [0, 0.05) is 24.4 Å². The highest BCUT2D eigenvalue weighted by Crippen LogP contribution is 2.14. The van der Waals surface area contributed by atoms with Crippen LogP contribution in [0, 0.1) is 11.3 Å². The Kier molecular flexibility index (Phi) is 8.75. The number of para-hydroxylation sites is 1. The van der Waals surface area contributed by atoms with Crippen LogP contribution in [0.15, 0.2) is 66.4 Å². The smallest absolute Gasteiger partial charge is 0.349 e. The van der Waals surface area contributed by atoms with Gasteiger partial charge in [0.2, 0.25) is 5.91 Å². The Morgan fingerprint density at radius 3 is 2.22 bits per heavy atom. The third-order valence-corrected chi connectivity index (χ3v) is 3.11. The molecule has 0 spiro atoms. The highest BCUT2D eigenvalue weighted by Gasteiger charge is 2.11. The van der Waals surface area contributed by atoms with Crippen molar-refractivity contribution in [3.63, 3.8) is 0 Å². The second-order valence-corrected chi connectivity index (χ2v) is 5.31. The molecule has 1 aromatic rings. The zero-order chi connectivity index (χ0) is 20.2. The summed E-state index contributed by atoms with van der Waals surface area (Å²) < 4.78 is 9.64. The Bertz CT molecular complexity index is 803. The van der Waals surface area contributed by atoms with Crippen LogP contribution in [0.5, 0.6) is 0 Å². The predicted octanol–water partition coefficient (Wildman–Crippen LogP) is 2.67. The number of amides is 1. The molecule has 27 heavy (non-hydrogen) atoms. The molecular formula is C20H20N2O5. The first-order chi connectivity index (χ1) is 12.9. The summed E-state index contributed by atoms with van der Waals surface area (Å²) in [5.74, 6) is -1.68. The molecule has 140 valence electrons. The summed E-state index contributed by atoms with van der Waals surface area (Å²) in [4.78, 5) is 36.2. The van der Waals surface area contributed by atoms with E-state index in [2.05, 4.69) is 6.58 Å². The Morgan fingerprint density at radius 2 is 1.70 bits per heavy atom. The van der Waals surface area contributed by atoms with E-state index in [0.717, 1.165) is 0 Å². The number of nitriles is 1. The van der Waals surface area contributed by atoms with Gasteiger partial charge in [0.15, 0.2) is 0 Å². The summed E-state index contributed by atoms with van der Waals surface area (Å²) >= 11 is 0. The summed E-state index contributed by atoms with van der Waals surface area (Å²) in [6.07, 6.45) is 4.08. The molecule has 0 saturated heterocycles. The van der Waals surface area contributed by atoms with E-state index in [4.69, 9.17) is 14.7 Å². The summed E-state index contributed by atoms with van der Waals surface area (Å²) in [6.45, 7) is 5.98. The lowest BCUT2D eigenvalue weighted by Crippen LogP contribution is -2.21. The largest absolute Gasteiger partial charge is 0.459 e. The monoisotopic (exact) mass is 368 g/mol. The van der Waals surface area contributed by atoms with E-state index in [-0.39, 0.29) is 30.3 Å². The van der Waals surface area contributed by atoms with Gasteiger partial charge in [0.05, 0.1) is 0 Å². The number of rotatable bonds is 8. The van der Waals surface area contributed by atoms with Crippen molar-refractivity contribution in [2.24, 2.45) is 0 Å². The molecule has 0 radical (unpaired) electrons. The van der Waals surface area contributed by atoms with Gasteiger partial charge in [-0.05, 0) is 31.2 Å². The van der Waals surface area contributed by atoms with E-state index in [9.17, 15) is 14.4 Å². The molecule has 0 aliphatic carbocycles. The molecule has 0 bridgehead atoms. The van der Waals surface area contributed by atoms with Gasteiger partial charge < -0.3 is 9.47 Å². The SMILES string of the molecule is C=C(C)C(=O)OCCOC(=O)/C(C#N)=C/C=C/N(C(C)=O)c1ccccc1. The lowest BCUT2D eigenvalue weighted by atomic mass is 10.2. The van der Waals surface area contributed by atoms with Crippen LogP contribution in [0.25, 0.3) is 0 Å². The summed E-state index contributed by atoms with van der Waals surface area (Å²) in [5.41, 5.74) is 0.626. The minimum atomic E-state index is -0.859. The molecule has 0 aliphatic rings. The highest BCUT2D eigenvalue weighted by atomic mass is 16.6. The number of allylic oxidation sites excluding steroid dienone is 2. The molecule has 0 atom stereocenters. The van der Waals surface area contributed by atoms with Crippen molar-refractivity contribution >= 4 is 23.5 Å². The van der Waals surface area contributed by atoms with Crippen LogP contribution >= 0.6 is 0 Å². The number of hydrogen-bond acceptors (Lipinski definition) is 6. The Balaban J connectivity index is 2.67. The molecule has 7 heteroatoms. The van der Waals surface area contributed by atoms with Gasteiger partial charge in [-0.1, -0.05) is 24.8 Å². The molecule has 0 fully saturated rings. The van der Waals surface area contributed by atoms with Crippen LogP contribution < -0.4 is 4.90 Å². The van der Waals surface area contributed by atoms with E-state index >= 15 is 0 Å². The van der Waals surface area contributed by atoms with Crippen LogP contribution in [0.1, 0.15) is 13.8 Å². The maximum Gasteiger partial charge on any atom is 0.349 e. The highest BCUT2D eigenvalue weighted by molar-refractivity contribution is 5.94. The van der Waals surface area contributed by atoms with Gasteiger partial charge in [0.1, 0.15) is 24.9 Å². The second kappa shape index (κ2) is 11.1. The molecule has 0 saturated carbocycles. The number of esters is 2. The average Bonchev–Trinajstić information content (AvgIpc) is 2.65. The van der Waals surface area contributed by atoms with E-state index in [0.29, 0.717) is 5.69 Å². The standard InChI is InChI=1S/C20H20N2O5/c1-15(2)19(24)26-12-13-27-20(25)17(14-21)8-7-11-22(16(3)23)18-9-5-4-6-10-18/h4-11H,1,12-13H2,2-3H3/b11-7+,17-8+. The van der Waals surface area contributed by atoms with Gasteiger partial charge in [-0.25, -0.2) is 9.59 Å². The molecule has 1 rings (SSSR count). The maximum absolute atomic E-state index is 11.8. The zero-order valence-electron chi connectivity index (χ0n) is 15.2. The molecule has 0 aromatic heterocycles. The fourth-order valence-corrected chi connectivity index (χ4v) is 1.81. The average molecular weight is 368 g/mol. The number of anilines is 1. The maximum atomic E-state index is 11.8. The number of nitrogens with zero attached hydrogens (tertiary/aromatic N) is 2. The molecule has 7 nitrogen and oxygen atoms in total. The van der Waals surface area contributed by atoms with Crippen LogP contribution in [0.4, 0.5) is 5.69 Å². The van der Waals surface area contributed by atoms with Crippen LogP contribution in [0.3, 0.4) is 0 Å².